The fourth-order valence-corrected chi connectivity index (χ4v) is 8.88. The molecule has 6 rings (SSSR count). The van der Waals surface area contributed by atoms with Crippen LogP contribution in [-0.4, -0.2) is 18.0 Å². The molecule has 5 heteroatoms. The first-order valence-electron chi connectivity index (χ1n) is 15.8. The average molecular weight is 806 g/mol. The van der Waals surface area contributed by atoms with Crippen molar-refractivity contribution in [2.75, 3.05) is 0 Å². The maximum Gasteiger partial charge on any atom is 0.0798 e. The zero-order valence-corrected chi connectivity index (χ0v) is 32.4. The van der Waals surface area contributed by atoms with Gasteiger partial charge in [0.15, 0.2) is 0 Å². The zero-order valence-electron chi connectivity index (χ0n) is 29.1. The Morgan fingerprint density at radius 1 is 0.844 bits per heavy atom. The molecular formula is C40H44IrN2SSi-2. The minimum Gasteiger partial charge on any atom is -0.305 e. The first kappa shape index (κ1) is 33.4. The molecule has 0 spiro atoms. The summed E-state index contributed by atoms with van der Waals surface area (Å²) < 4.78 is 10.9. The zero-order chi connectivity index (χ0) is 32.7. The molecule has 1 radical (unpaired) electrons. The second kappa shape index (κ2) is 13.8. The van der Waals surface area contributed by atoms with E-state index in [-0.39, 0.29) is 25.5 Å². The van der Waals surface area contributed by atoms with Gasteiger partial charge in [0.2, 0.25) is 0 Å². The predicted octanol–water partition coefficient (Wildman–Crippen LogP) is 11.0. The van der Waals surface area contributed by atoms with Crippen LogP contribution in [0.2, 0.25) is 19.6 Å². The number of hydrogen-bond donors (Lipinski definition) is 0. The number of nitrogens with zero attached hydrogens (tertiary/aromatic N) is 2. The maximum atomic E-state index is 8.36. The normalized spacial score (nSPS) is 12.4. The molecule has 0 N–H and O–H groups in total. The molecule has 2 nitrogen and oxygen atoms in total. The van der Waals surface area contributed by atoms with E-state index in [4.69, 9.17) is 1.37 Å². The molecule has 3 heterocycles. The first-order chi connectivity index (χ1) is 21.1. The summed E-state index contributed by atoms with van der Waals surface area (Å²) in [7, 11) is -1.27. The Balaban J connectivity index is 0.000000230. The van der Waals surface area contributed by atoms with Gasteiger partial charge in [0.25, 0.3) is 0 Å². The van der Waals surface area contributed by atoms with Crippen molar-refractivity contribution in [3.8, 4) is 22.5 Å². The number of aromatic nitrogens is 2. The van der Waals surface area contributed by atoms with Crippen LogP contribution in [0, 0.1) is 26.0 Å². The molecule has 0 saturated carbocycles. The second-order valence-corrected chi connectivity index (χ2v) is 20.0. The fraction of sp³-hybridized carbons (Fsp3) is 0.300. The second-order valence-electron chi connectivity index (χ2n) is 13.9. The van der Waals surface area contributed by atoms with E-state index >= 15 is 0 Å². The molecule has 0 aliphatic rings. The quantitative estimate of drug-likeness (QED) is 0.131. The van der Waals surface area contributed by atoms with Gasteiger partial charge in [-0.25, -0.2) is 0 Å². The van der Waals surface area contributed by atoms with Gasteiger partial charge >= 0.3 is 0 Å². The van der Waals surface area contributed by atoms with E-state index in [2.05, 4.69) is 113 Å². The van der Waals surface area contributed by atoms with Crippen LogP contribution >= 0.6 is 11.3 Å². The summed E-state index contributed by atoms with van der Waals surface area (Å²) >= 11 is 1.84. The van der Waals surface area contributed by atoms with Gasteiger partial charge in [-0.2, -0.15) is 11.3 Å². The number of thiophene rings is 1. The molecule has 0 aliphatic carbocycles. The Bertz CT molecular complexity index is 1980. The van der Waals surface area contributed by atoms with Crippen LogP contribution in [-0.2, 0) is 25.5 Å². The van der Waals surface area contributed by atoms with Gasteiger partial charge in [-0.3, -0.25) is 0 Å². The Labute approximate surface area is 290 Å². The summed E-state index contributed by atoms with van der Waals surface area (Å²) in [6.45, 7) is 22.1. The van der Waals surface area contributed by atoms with Gasteiger partial charge in [0.1, 0.15) is 0 Å². The molecular weight excluding hydrogens is 761 g/mol. The van der Waals surface area contributed by atoms with Gasteiger partial charge in [0, 0.05) is 38.6 Å². The molecule has 3 aromatic heterocycles. The van der Waals surface area contributed by atoms with Crippen molar-refractivity contribution in [2.24, 2.45) is 0 Å². The fourth-order valence-electron chi connectivity index (χ4n) is 5.86. The molecule has 0 fully saturated rings. The van der Waals surface area contributed by atoms with Crippen molar-refractivity contribution in [3.63, 3.8) is 0 Å². The predicted molar refractivity (Wildman–Crippen MR) is 195 cm³/mol. The van der Waals surface area contributed by atoms with Crippen molar-refractivity contribution in [3.05, 3.63) is 114 Å². The molecule has 0 unspecified atom stereocenters. The van der Waals surface area contributed by atoms with Crippen LogP contribution in [0.4, 0.5) is 0 Å². The summed E-state index contributed by atoms with van der Waals surface area (Å²) in [6, 6.07) is 29.5. The Kier molecular flexibility index (Phi) is 10.3. The smallest absolute Gasteiger partial charge is 0.0798 e. The van der Waals surface area contributed by atoms with Gasteiger partial charge in [-0.1, -0.05) is 95.0 Å². The Morgan fingerprint density at radius 2 is 1.58 bits per heavy atom. The summed E-state index contributed by atoms with van der Waals surface area (Å²) in [5.41, 5.74) is 9.22. The number of fused-ring (bicyclic) bond motifs is 3. The monoisotopic (exact) mass is 806 g/mol. The van der Waals surface area contributed by atoms with Crippen molar-refractivity contribution >= 4 is 44.8 Å². The number of hydrogen-bond acceptors (Lipinski definition) is 3. The number of benzene rings is 3. The molecule has 0 bridgehead atoms. The third-order valence-electron chi connectivity index (χ3n) is 8.15. The van der Waals surface area contributed by atoms with E-state index in [1.807, 2.05) is 67.8 Å². The van der Waals surface area contributed by atoms with E-state index in [0.717, 1.165) is 28.1 Å². The molecule has 3 aromatic carbocycles. The van der Waals surface area contributed by atoms with Crippen LogP contribution in [0.5, 0.6) is 0 Å². The van der Waals surface area contributed by atoms with Crippen molar-refractivity contribution < 1.29 is 21.5 Å². The van der Waals surface area contributed by atoms with Crippen LogP contribution < -0.4 is 5.19 Å². The number of rotatable bonds is 4. The average Bonchev–Trinajstić information content (AvgIpc) is 3.36. The SMILES string of the molecule is Cc1cc(-c2[c-]cccc2)ncc1[Si](C)(C)C.[2H]C(C)(C)c1ccnc(-c2[c-]ccc3c2sc2c(C)c(C(C)(C)C)ccc23)c1.[Ir]. The Morgan fingerprint density at radius 3 is 2.20 bits per heavy atom. The molecule has 0 atom stereocenters. The van der Waals surface area contributed by atoms with Crippen molar-refractivity contribution in [1.29, 1.82) is 0 Å². The van der Waals surface area contributed by atoms with E-state index in [9.17, 15) is 0 Å². The summed E-state index contributed by atoms with van der Waals surface area (Å²) in [5, 5.41) is 4.00. The first-order valence-corrected chi connectivity index (χ1v) is 19.7. The molecule has 6 aromatic rings. The Hall–Kier alpha value is -2.95. The van der Waals surface area contributed by atoms with Crippen molar-refractivity contribution in [2.45, 2.75) is 79.4 Å². The van der Waals surface area contributed by atoms with Crippen LogP contribution in [0.3, 0.4) is 0 Å². The largest absolute Gasteiger partial charge is 0.305 e. The van der Waals surface area contributed by atoms with Crippen LogP contribution in [0.25, 0.3) is 42.7 Å². The molecule has 0 saturated heterocycles. The minimum absolute atomic E-state index is 0. The molecule has 0 aliphatic heterocycles. The van der Waals surface area contributed by atoms with Gasteiger partial charge in [-0.15, -0.1) is 59.7 Å². The van der Waals surface area contributed by atoms with E-state index < -0.39 is 14.0 Å². The van der Waals surface area contributed by atoms with Gasteiger partial charge < -0.3 is 9.97 Å². The van der Waals surface area contributed by atoms with E-state index in [0.29, 0.717) is 0 Å². The molecule has 45 heavy (non-hydrogen) atoms. The molecule has 0 amide bonds. The summed E-state index contributed by atoms with van der Waals surface area (Å²) in [6.07, 6.45) is 3.86. The van der Waals surface area contributed by atoms with Gasteiger partial charge in [0.05, 0.1) is 8.07 Å². The van der Waals surface area contributed by atoms with Crippen molar-refractivity contribution in [1.82, 2.24) is 9.97 Å². The third kappa shape index (κ3) is 7.55. The number of aryl methyl sites for hydroxylation is 2. The van der Waals surface area contributed by atoms with Gasteiger partial charge in [-0.05, 0) is 69.0 Å². The third-order valence-corrected chi connectivity index (χ3v) is 11.7. The topological polar surface area (TPSA) is 25.8 Å². The van der Waals surface area contributed by atoms with E-state index in [1.165, 1.54) is 42.0 Å². The summed E-state index contributed by atoms with van der Waals surface area (Å²) in [4.78, 5) is 9.19. The van der Waals surface area contributed by atoms with Crippen LogP contribution in [0.1, 0.15) is 64.1 Å². The van der Waals surface area contributed by atoms with Crippen LogP contribution in [0.15, 0.2) is 79.1 Å². The standard InChI is InChI=1S/C25H26NS.C15H18NSi.Ir/c1-15(2)17-12-13-26-22(14-17)20-9-7-8-18-19-10-11-21(25(4,5)6)16(3)23(19)27-24(18)20;1-12-10-14(13-8-6-5-7-9-13)16-11-15(12)17(2,3)4;/h7-8,10-15H,1-6H3;5-8,10-11H,1-4H3;/q2*-1;/i15D;;. The summed E-state index contributed by atoms with van der Waals surface area (Å²) in [5.74, 6) is -0.649. The molecule has 235 valence electrons. The maximum absolute atomic E-state index is 8.36. The number of pyridine rings is 2. The minimum atomic E-state index is -1.27. The van der Waals surface area contributed by atoms with E-state index in [1.54, 1.807) is 0 Å².